The molecule has 184 valence electrons. The Morgan fingerprint density at radius 2 is 1.89 bits per heavy atom. The molecule has 1 aliphatic carbocycles. The number of allylic oxidation sites excluding steroid dienone is 4. The summed E-state index contributed by atoms with van der Waals surface area (Å²) in [5.74, 6) is -1.43. The first-order valence-electron chi connectivity index (χ1n) is 12.0. The van der Waals surface area contributed by atoms with Crippen LogP contribution in [-0.4, -0.2) is 30.1 Å². The molecular weight excluding hydrogens is 446 g/mol. The fraction of sp³-hybridized carbons (Fsp3) is 0.321. The summed E-state index contributed by atoms with van der Waals surface area (Å²) < 4.78 is 34.0. The van der Waals surface area contributed by atoms with E-state index in [1.807, 2.05) is 19.1 Å². The number of halogens is 2. The lowest BCUT2D eigenvalue weighted by atomic mass is 10.1. The number of nitrogen functional groups attached to an aromatic ring is 1. The summed E-state index contributed by atoms with van der Waals surface area (Å²) >= 11 is 0. The van der Waals surface area contributed by atoms with Crippen molar-refractivity contribution < 1.29 is 13.5 Å². The van der Waals surface area contributed by atoms with Gasteiger partial charge in [-0.1, -0.05) is 12.7 Å². The molecule has 0 atom stereocenters. The van der Waals surface area contributed by atoms with E-state index in [0.29, 0.717) is 17.1 Å². The molecule has 2 aromatic rings. The Hall–Kier alpha value is -3.61. The van der Waals surface area contributed by atoms with E-state index in [1.165, 1.54) is 19.1 Å². The lowest BCUT2D eigenvalue weighted by Gasteiger charge is -2.31. The van der Waals surface area contributed by atoms with Crippen LogP contribution < -0.4 is 15.8 Å². The van der Waals surface area contributed by atoms with Crippen molar-refractivity contribution in [2.45, 2.75) is 39.0 Å². The molecule has 0 unspecified atom stereocenters. The van der Waals surface area contributed by atoms with Gasteiger partial charge in [-0.05, 0) is 75.0 Å². The normalized spacial score (nSPS) is 16.2. The molecule has 1 saturated carbocycles. The number of methoxy groups -OCH3 is 1. The van der Waals surface area contributed by atoms with Gasteiger partial charge in [-0.3, -0.25) is 0 Å². The van der Waals surface area contributed by atoms with E-state index in [4.69, 9.17) is 10.5 Å². The predicted octanol–water partition coefficient (Wildman–Crippen LogP) is 6.17. The van der Waals surface area contributed by atoms with Crippen molar-refractivity contribution in [1.82, 2.24) is 15.2 Å². The highest BCUT2D eigenvalue weighted by Gasteiger charge is 2.25. The zero-order valence-corrected chi connectivity index (χ0v) is 20.3. The number of hydrogen-bond donors (Lipinski definition) is 2. The number of likely N-dealkylation sites (tertiary alicyclic amines) is 1. The maximum atomic E-state index is 14.8. The number of piperidine rings is 1. The number of ether oxygens (including phenoxy) is 1. The summed E-state index contributed by atoms with van der Waals surface area (Å²) in [4.78, 5) is 7.05. The Kier molecular flexibility index (Phi) is 7.54. The first-order valence-corrected chi connectivity index (χ1v) is 12.0. The van der Waals surface area contributed by atoms with Crippen molar-refractivity contribution >= 4 is 11.4 Å². The molecular formula is C28H32F2N4O. The number of aromatic nitrogens is 1. The molecule has 2 heterocycles. The molecule has 0 amide bonds. The summed E-state index contributed by atoms with van der Waals surface area (Å²) in [6.45, 7) is 8.03. The van der Waals surface area contributed by atoms with E-state index in [0.717, 1.165) is 68.0 Å². The van der Waals surface area contributed by atoms with E-state index >= 15 is 0 Å². The van der Waals surface area contributed by atoms with Gasteiger partial charge in [0.15, 0.2) is 11.6 Å². The molecule has 35 heavy (non-hydrogen) atoms. The van der Waals surface area contributed by atoms with Crippen molar-refractivity contribution in [1.29, 1.82) is 0 Å². The third-order valence-corrected chi connectivity index (χ3v) is 6.30. The smallest absolute Gasteiger partial charge is 0.165 e. The Labute approximate surface area is 205 Å². The molecule has 1 saturated heterocycles. The lowest BCUT2D eigenvalue weighted by molar-refractivity contribution is 0.290. The first-order chi connectivity index (χ1) is 17.0. The Morgan fingerprint density at radius 3 is 2.51 bits per heavy atom. The molecule has 1 aromatic heterocycles. The first kappa shape index (κ1) is 24.5. The third kappa shape index (κ3) is 5.39. The fourth-order valence-corrected chi connectivity index (χ4v) is 4.34. The van der Waals surface area contributed by atoms with Crippen molar-refractivity contribution in [3.63, 3.8) is 0 Å². The molecule has 0 bridgehead atoms. The average Bonchev–Trinajstić information content (AvgIpc) is 3.71. The summed E-state index contributed by atoms with van der Waals surface area (Å²) in [5.41, 5.74) is 11.6. The monoisotopic (exact) mass is 478 g/mol. The molecule has 2 fully saturated rings. The fourth-order valence-electron chi connectivity index (χ4n) is 4.34. The third-order valence-electron chi connectivity index (χ3n) is 6.30. The maximum absolute atomic E-state index is 14.8. The van der Waals surface area contributed by atoms with Gasteiger partial charge < -0.3 is 20.7 Å². The molecule has 4 rings (SSSR count). The van der Waals surface area contributed by atoms with Crippen LogP contribution >= 0.6 is 0 Å². The maximum Gasteiger partial charge on any atom is 0.165 e. The van der Waals surface area contributed by atoms with Crippen LogP contribution in [0.4, 0.5) is 14.5 Å². The van der Waals surface area contributed by atoms with Gasteiger partial charge in [0.1, 0.15) is 11.5 Å². The van der Waals surface area contributed by atoms with E-state index < -0.39 is 11.6 Å². The summed E-state index contributed by atoms with van der Waals surface area (Å²) in [7, 11) is 1.30. The largest absolute Gasteiger partial charge is 0.494 e. The van der Waals surface area contributed by atoms with Crippen LogP contribution in [0.15, 0.2) is 66.0 Å². The van der Waals surface area contributed by atoms with E-state index in [-0.39, 0.29) is 11.3 Å². The van der Waals surface area contributed by atoms with Gasteiger partial charge in [-0.15, -0.1) is 0 Å². The number of hydrogen-bond acceptors (Lipinski definition) is 5. The zero-order valence-electron chi connectivity index (χ0n) is 20.3. The Bertz CT molecular complexity index is 1200. The highest BCUT2D eigenvalue weighted by Crippen LogP contribution is 2.38. The van der Waals surface area contributed by atoms with Crippen LogP contribution in [0.2, 0.25) is 0 Å². The number of benzene rings is 1. The molecule has 3 N–H and O–H groups in total. The van der Waals surface area contributed by atoms with Gasteiger partial charge in [0, 0.05) is 24.7 Å². The number of nitrogens with one attached hydrogen (secondary N) is 1. The molecule has 0 spiro atoms. The number of pyridine rings is 1. The van der Waals surface area contributed by atoms with Gasteiger partial charge >= 0.3 is 0 Å². The summed E-state index contributed by atoms with van der Waals surface area (Å²) in [6, 6.07) is 5.41. The zero-order chi connectivity index (χ0) is 24.9. The second kappa shape index (κ2) is 10.8. The topological polar surface area (TPSA) is 63.4 Å². The number of rotatable bonds is 8. The van der Waals surface area contributed by atoms with Gasteiger partial charge in [0.2, 0.25) is 0 Å². The highest BCUT2D eigenvalue weighted by molar-refractivity contribution is 5.79. The van der Waals surface area contributed by atoms with Gasteiger partial charge in [0.05, 0.1) is 35.6 Å². The molecule has 2 aliphatic rings. The van der Waals surface area contributed by atoms with E-state index in [2.05, 4.69) is 27.9 Å². The van der Waals surface area contributed by atoms with Crippen molar-refractivity contribution in [2.75, 3.05) is 25.9 Å². The van der Waals surface area contributed by atoms with Gasteiger partial charge in [-0.2, -0.15) is 0 Å². The minimum Gasteiger partial charge on any atom is -0.494 e. The lowest BCUT2D eigenvalue weighted by Crippen LogP contribution is -2.31. The van der Waals surface area contributed by atoms with Crippen LogP contribution in [0.1, 0.15) is 44.7 Å². The van der Waals surface area contributed by atoms with Crippen LogP contribution in [0.3, 0.4) is 0 Å². The summed E-state index contributed by atoms with van der Waals surface area (Å²) in [5, 5.41) is 3.55. The Balaban J connectivity index is 1.76. The van der Waals surface area contributed by atoms with Crippen molar-refractivity contribution in [3.05, 3.63) is 83.4 Å². The van der Waals surface area contributed by atoms with Gasteiger partial charge in [0.25, 0.3) is 0 Å². The van der Waals surface area contributed by atoms with Crippen LogP contribution in [-0.2, 0) is 0 Å². The van der Waals surface area contributed by atoms with E-state index in [1.54, 1.807) is 12.1 Å². The second-order valence-corrected chi connectivity index (χ2v) is 8.76. The van der Waals surface area contributed by atoms with Gasteiger partial charge in [-0.25, -0.2) is 13.8 Å². The standard InChI is InChI=1S/C28H32F2N4O/c1-4-9-25(34-14-7-6-8-15-34)23(5-2)32-27(18-10-11-18)28-22(31)12-13-24(33-28)19-16-21(30)26(35-3)17-20(19)29/h4-5,9,12-13,16-17,32H,2,6-8,10-11,14-15,31H2,1,3H3/b9-4-,25-23-. The molecule has 1 aliphatic heterocycles. The quantitative estimate of drug-likeness (QED) is 0.444. The molecule has 5 nitrogen and oxygen atoms in total. The average molecular weight is 479 g/mol. The van der Waals surface area contributed by atoms with Crippen LogP contribution in [0, 0.1) is 11.6 Å². The number of anilines is 1. The number of nitrogens with zero attached hydrogens (tertiary/aromatic N) is 2. The summed E-state index contributed by atoms with van der Waals surface area (Å²) in [6.07, 6.45) is 11.3. The predicted molar refractivity (Wildman–Crippen MR) is 137 cm³/mol. The minimum atomic E-state index is -0.655. The van der Waals surface area contributed by atoms with Crippen LogP contribution in [0.5, 0.6) is 5.75 Å². The SMILES string of the molecule is C=C/C(NC(=C1CC1)c1nc(-c2cc(F)c(OC)cc2F)ccc1N)=C(\C=C/C)N1CCCCC1. The number of nitrogens with two attached hydrogens (primary N) is 1. The second-order valence-electron chi connectivity index (χ2n) is 8.76. The van der Waals surface area contributed by atoms with Crippen molar-refractivity contribution in [3.8, 4) is 17.0 Å². The molecule has 0 radical (unpaired) electrons. The molecule has 1 aromatic carbocycles. The van der Waals surface area contributed by atoms with E-state index in [9.17, 15) is 8.78 Å². The Morgan fingerprint density at radius 1 is 1.14 bits per heavy atom. The van der Waals surface area contributed by atoms with Crippen LogP contribution in [0.25, 0.3) is 17.0 Å². The van der Waals surface area contributed by atoms with Crippen molar-refractivity contribution in [2.24, 2.45) is 0 Å². The minimum absolute atomic E-state index is 0.0482. The highest BCUT2D eigenvalue weighted by atomic mass is 19.1. The molecule has 7 heteroatoms.